The molecule has 0 amide bonds. The lowest BCUT2D eigenvalue weighted by Gasteiger charge is -1.98. The zero-order chi connectivity index (χ0) is 12.4. The van der Waals surface area contributed by atoms with Crippen molar-refractivity contribution in [1.82, 2.24) is 9.66 Å². The maximum absolute atomic E-state index is 13.4. The number of hydrogen-bond donors (Lipinski definition) is 1. The van der Waals surface area contributed by atoms with Gasteiger partial charge in [0.1, 0.15) is 5.82 Å². The van der Waals surface area contributed by atoms with Crippen LogP contribution < -0.4 is 5.73 Å². The van der Waals surface area contributed by atoms with Gasteiger partial charge in [0.25, 0.3) is 0 Å². The standard InChI is InChI=1S/C11H10FIN4/c1-7-6-17(11(14)16-7)15-5-8-4-9(13)2-3-10(8)12/h2-6H,1H3,(H2,14,16). The molecule has 0 saturated heterocycles. The summed E-state index contributed by atoms with van der Waals surface area (Å²) in [6.07, 6.45) is 3.10. The fourth-order valence-corrected chi connectivity index (χ4v) is 1.85. The summed E-state index contributed by atoms with van der Waals surface area (Å²) in [4.78, 5) is 4.00. The fraction of sp³-hybridized carbons (Fsp3) is 0.0909. The van der Waals surface area contributed by atoms with Crippen molar-refractivity contribution in [3.63, 3.8) is 0 Å². The Labute approximate surface area is 111 Å². The Morgan fingerprint density at radius 2 is 2.29 bits per heavy atom. The Balaban J connectivity index is 2.31. The normalized spacial score (nSPS) is 11.2. The molecular weight excluding hydrogens is 334 g/mol. The van der Waals surface area contributed by atoms with Crippen molar-refractivity contribution in [3.05, 3.63) is 45.0 Å². The predicted octanol–water partition coefficient (Wildman–Crippen LogP) is 2.40. The highest BCUT2D eigenvalue weighted by molar-refractivity contribution is 14.1. The van der Waals surface area contributed by atoms with Crippen molar-refractivity contribution in [3.8, 4) is 0 Å². The second kappa shape index (κ2) is 4.82. The van der Waals surface area contributed by atoms with E-state index in [-0.39, 0.29) is 11.8 Å². The van der Waals surface area contributed by atoms with Crippen LogP contribution in [0, 0.1) is 16.3 Å². The van der Waals surface area contributed by atoms with E-state index >= 15 is 0 Å². The summed E-state index contributed by atoms with van der Waals surface area (Å²) in [7, 11) is 0. The molecule has 0 bridgehead atoms. The summed E-state index contributed by atoms with van der Waals surface area (Å²) in [6, 6.07) is 4.81. The van der Waals surface area contributed by atoms with E-state index in [0.717, 1.165) is 9.26 Å². The molecule has 2 aromatic rings. The van der Waals surface area contributed by atoms with Crippen molar-refractivity contribution >= 4 is 34.8 Å². The molecule has 0 spiro atoms. The first-order chi connectivity index (χ1) is 8.06. The zero-order valence-corrected chi connectivity index (χ0v) is 11.2. The van der Waals surface area contributed by atoms with Crippen LogP contribution in [0.25, 0.3) is 0 Å². The van der Waals surface area contributed by atoms with Crippen LogP contribution >= 0.6 is 22.6 Å². The van der Waals surface area contributed by atoms with Gasteiger partial charge >= 0.3 is 0 Å². The SMILES string of the molecule is Cc1cn(N=Cc2cc(I)ccc2F)c(N)n1. The molecule has 88 valence electrons. The molecule has 1 aromatic heterocycles. The first kappa shape index (κ1) is 12.0. The summed E-state index contributed by atoms with van der Waals surface area (Å²) in [5.41, 5.74) is 6.80. The number of hydrogen-bond acceptors (Lipinski definition) is 3. The third kappa shape index (κ3) is 2.82. The molecule has 2 N–H and O–H groups in total. The van der Waals surface area contributed by atoms with Crippen LogP contribution in [0.1, 0.15) is 11.3 Å². The van der Waals surface area contributed by atoms with Gasteiger partial charge in [-0.05, 0) is 47.7 Å². The first-order valence-corrected chi connectivity index (χ1v) is 5.95. The van der Waals surface area contributed by atoms with Gasteiger partial charge in [-0.1, -0.05) is 0 Å². The number of aromatic nitrogens is 2. The van der Waals surface area contributed by atoms with Crippen LogP contribution in [0.4, 0.5) is 10.3 Å². The van der Waals surface area contributed by atoms with Crippen molar-refractivity contribution < 1.29 is 4.39 Å². The Bertz CT molecular complexity index is 577. The van der Waals surface area contributed by atoms with Gasteiger partial charge in [-0.25, -0.2) is 14.1 Å². The van der Waals surface area contributed by atoms with Gasteiger partial charge in [0.2, 0.25) is 5.95 Å². The monoisotopic (exact) mass is 344 g/mol. The number of aryl methyl sites for hydroxylation is 1. The Morgan fingerprint density at radius 1 is 1.53 bits per heavy atom. The summed E-state index contributed by atoms with van der Waals surface area (Å²) in [5.74, 6) is -0.0330. The summed E-state index contributed by atoms with van der Waals surface area (Å²) < 4.78 is 15.8. The molecule has 0 unspecified atom stereocenters. The number of rotatable bonds is 2. The molecule has 17 heavy (non-hydrogen) atoms. The number of anilines is 1. The van der Waals surface area contributed by atoms with Crippen LogP contribution in [0.3, 0.4) is 0 Å². The molecular formula is C11H10FIN4. The Morgan fingerprint density at radius 3 is 2.94 bits per heavy atom. The number of halogens is 2. The molecule has 6 heteroatoms. The minimum Gasteiger partial charge on any atom is -0.368 e. The summed E-state index contributed by atoms with van der Waals surface area (Å²) >= 11 is 2.12. The van der Waals surface area contributed by atoms with Gasteiger partial charge < -0.3 is 5.73 Å². The number of nitrogens with zero attached hydrogens (tertiary/aromatic N) is 3. The summed E-state index contributed by atoms with van der Waals surface area (Å²) in [5, 5.41) is 4.06. The highest BCUT2D eigenvalue weighted by atomic mass is 127. The lowest BCUT2D eigenvalue weighted by molar-refractivity contribution is 0.625. The van der Waals surface area contributed by atoms with Gasteiger partial charge in [0.15, 0.2) is 0 Å². The number of imidazole rings is 1. The lowest BCUT2D eigenvalue weighted by Crippen LogP contribution is -1.98. The Hall–Kier alpha value is -1.44. The molecule has 0 atom stereocenters. The van der Waals surface area contributed by atoms with E-state index in [0.29, 0.717) is 5.56 Å². The molecule has 2 rings (SSSR count). The van der Waals surface area contributed by atoms with Crippen molar-refractivity contribution in [2.24, 2.45) is 5.10 Å². The van der Waals surface area contributed by atoms with E-state index in [1.807, 2.05) is 6.92 Å². The minimum atomic E-state index is -0.315. The van der Waals surface area contributed by atoms with Gasteiger partial charge in [-0.2, -0.15) is 5.10 Å². The van der Waals surface area contributed by atoms with E-state index in [4.69, 9.17) is 5.73 Å². The van der Waals surface area contributed by atoms with Crippen molar-refractivity contribution in [2.45, 2.75) is 6.92 Å². The highest BCUT2D eigenvalue weighted by Crippen LogP contribution is 2.11. The van der Waals surface area contributed by atoms with E-state index in [1.54, 1.807) is 18.3 Å². The maximum Gasteiger partial charge on any atom is 0.221 e. The largest absolute Gasteiger partial charge is 0.368 e. The second-order valence-electron chi connectivity index (χ2n) is 3.50. The second-order valence-corrected chi connectivity index (χ2v) is 4.74. The lowest BCUT2D eigenvalue weighted by atomic mass is 10.2. The number of benzene rings is 1. The van der Waals surface area contributed by atoms with Gasteiger partial charge in [0.05, 0.1) is 18.1 Å². The van der Waals surface area contributed by atoms with Crippen molar-refractivity contribution in [1.29, 1.82) is 0 Å². The Kier molecular flexibility index (Phi) is 3.41. The van der Waals surface area contributed by atoms with Gasteiger partial charge in [0, 0.05) is 9.13 Å². The van der Waals surface area contributed by atoms with Crippen LogP contribution in [-0.2, 0) is 0 Å². The maximum atomic E-state index is 13.4. The molecule has 0 fully saturated rings. The third-order valence-corrected chi connectivity index (χ3v) is 2.79. The van der Waals surface area contributed by atoms with Crippen molar-refractivity contribution in [2.75, 3.05) is 5.73 Å². The quantitative estimate of drug-likeness (QED) is 0.672. The average molecular weight is 344 g/mol. The molecule has 0 aliphatic rings. The van der Waals surface area contributed by atoms with Gasteiger partial charge in [-0.15, -0.1) is 0 Å². The van der Waals surface area contributed by atoms with Crippen LogP contribution in [0.2, 0.25) is 0 Å². The van der Waals surface area contributed by atoms with E-state index in [9.17, 15) is 4.39 Å². The topological polar surface area (TPSA) is 56.2 Å². The van der Waals surface area contributed by atoms with Gasteiger partial charge in [-0.3, -0.25) is 0 Å². The minimum absolute atomic E-state index is 0.282. The fourth-order valence-electron chi connectivity index (χ4n) is 1.33. The molecule has 4 nitrogen and oxygen atoms in total. The third-order valence-electron chi connectivity index (χ3n) is 2.11. The van der Waals surface area contributed by atoms with Crippen LogP contribution in [-0.4, -0.2) is 15.9 Å². The van der Waals surface area contributed by atoms with E-state index in [2.05, 4.69) is 32.7 Å². The van der Waals surface area contributed by atoms with E-state index in [1.165, 1.54) is 17.0 Å². The smallest absolute Gasteiger partial charge is 0.221 e. The van der Waals surface area contributed by atoms with E-state index < -0.39 is 0 Å². The molecule has 1 heterocycles. The molecule has 0 saturated carbocycles. The summed E-state index contributed by atoms with van der Waals surface area (Å²) in [6.45, 7) is 1.81. The molecule has 0 aliphatic heterocycles. The number of nitrogen functional groups attached to an aromatic ring is 1. The molecule has 0 radical (unpaired) electrons. The van der Waals surface area contributed by atoms with Crippen LogP contribution in [0.5, 0.6) is 0 Å². The van der Waals surface area contributed by atoms with Crippen LogP contribution in [0.15, 0.2) is 29.5 Å². The average Bonchev–Trinajstić information content (AvgIpc) is 2.59. The first-order valence-electron chi connectivity index (χ1n) is 4.87. The predicted molar refractivity (Wildman–Crippen MR) is 73.5 cm³/mol. The zero-order valence-electron chi connectivity index (χ0n) is 9.06. The molecule has 0 aliphatic carbocycles. The molecule has 1 aromatic carbocycles. The highest BCUT2D eigenvalue weighted by Gasteiger charge is 2.01. The number of nitrogens with two attached hydrogens (primary N) is 1.